The van der Waals surface area contributed by atoms with Crippen LogP contribution in [-0.4, -0.2) is 65.0 Å². The fraction of sp³-hybridized carbons (Fsp3) is 0.370. The Bertz CT molecular complexity index is 1320. The molecule has 0 spiro atoms. The molecule has 0 radical (unpaired) electrons. The monoisotopic (exact) mass is 487 g/mol. The quantitative estimate of drug-likeness (QED) is 0.365. The summed E-state index contributed by atoms with van der Waals surface area (Å²) in [7, 11) is 3.24. The van der Waals surface area contributed by atoms with Crippen LogP contribution in [0.25, 0.3) is 22.3 Å². The van der Waals surface area contributed by atoms with Gasteiger partial charge in [-0.15, -0.1) is 5.10 Å². The molecule has 4 aromatic rings. The zero-order valence-electron chi connectivity index (χ0n) is 20.9. The predicted octanol–water partition coefficient (Wildman–Crippen LogP) is 4.04. The number of ether oxygens (including phenoxy) is 2. The second-order valence-electron chi connectivity index (χ2n) is 9.02. The van der Waals surface area contributed by atoms with Gasteiger partial charge in [0.2, 0.25) is 5.95 Å². The third kappa shape index (κ3) is 5.06. The van der Waals surface area contributed by atoms with Crippen molar-refractivity contribution in [3.63, 3.8) is 0 Å². The normalized spacial score (nSPS) is 14.2. The standard InChI is InChI=1S/C27H33N7O2/c1-35-21-12-11-20(17-22(21)36-2)24-23-25(28)34(18-19-9-5-3-6-10-19)32-26(23)31-27(30-24)29-13-16-33-14-7-4-8-15-33/h3,5-6,9-12,17H,4,7-8,13-16,18,28H2,1-2H3,(H,29,31,32). The number of aromatic nitrogens is 4. The van der Waals surface area contributed by atoms with E-state index in [1.54, 1.807) is 18.9 Å². The Hall–Kier alpha value is -3.85. The fourth-order valence-electron chi connectivity index (χ4n) is 4.71. The van der Waals surface area contributed by atoms with Crippen LogP contribution in [0.15, 0.2) is 48.5 Å². The first-order chi connectivity index (χ1) is 17.7. The first kappa shape index (κ1) is 23.9. The van der Waals surface area contributed by atoms with Crippen LogP contribution in [0.3, 0.4) is 0 Å². The van der Waals surface area contributed by atoms with Crippen molar-refractivity contribution in [1.29, 1.82) is 0 Å². The SMILES string of the molecule is COc1ccc(-c2nc(NCCN3CCCCC3)nc3nn(Cc4ccccc4)c(N)c23)cc1OC. The Morgan fingerprint density at radius 3 is 2.47 bits per heavy atom. The molecule has 0 saturated carbocycles. The average molecular weight is 488 g/mol. The van der Waals surface area contributed by atoms with E-state index >= 15 is 0 Å². The molecule has 3 N–H and O–H groups in total. The van der Waals surface area contributed by atoms with Gasteiger partial charge in [-0.1, -0.05) is 36.8 Å². The van der Waals surface area contributed by atoms with Crippen LogP contribution in [0.5, 0.6) is 11.5 Å². The molecule has 0 atom stereocenters. The van der Waals surface area contributed by atoms with Gasteiger partial charge in [-0.25, -0.2) is 9.67 Å². The molecular weight excluding hydrogens is 454 g/mol. The molecule has 188 valence electrons. The van der Waals surface area contributed by atoms with Crippen molar-refractivity contribution < 1.29 is 9.47 Å². The van der Waals surface area contributed by atoms with Crippen LogP contribution in [0.2, 0.25) is 0 Å². The summed E-state index contributed by atoms with van der Waals surface area (Å²) in [5, 5.41) is 8.90. The highest BCUT2D eigenvalue weighted by atomic mass is 16.5. The first-order valence-corrected chi connectivity index (χ1v) is 12.4. The number of anilines is 2. The van der Waals surface area contributed by atoms with Crippen molar-refractivity contribution in [2.75, 3.05) is 51.4 Å². The van der Waals surface area contributed by atoms with Crippen LogP contribution in [0.1, 0.15) is 24.8 Å². The van der Waals surface area contributed by atoms with Crippen molar-refractivity contribution in [3.05, 3.63) is 54.1 Å². The first-order valence-electron chi connectivity index (χ1n) is 12.4. The van der Waals surface area contributed by atoms with Gasteiger partial charge < -0.3 is 25.4 Å². The summed E-state index contributed by atoms with van der Waals surface area (Å²) < 4.78 is 12.8. The second-order valence-corrected chi connectivity index (χ2v) is 9.02. The molecule has 2 aromatic carbocycles. The fourth-order valence-corrected chi connectivity index (χ4v) is 4.71. The number of rotatable bonds is 9. The maximum Gasteiger partial charge on any atom is 0.225 e. The molecule has 1 fully saturated rings. The Morgan fingerprint density at radius 2 is 1.72 bits per heavy atom. The van der Waals surface area contributed by atoms with Crippen molar-refractivity contribution in [1.82, 2.24) is 24.6 Å². The molecule has 9 heteroatoms. The van der Waals surface area contributed by atoms with E-state index in [-0.39, 0.29) is 0 Å². The number of methoxy groups -OCH3 is 2. The third-order valence-corrected chi connectivity index (χ3v) is 6.63. The van der Waals surface area contributed by atoms with Crippen LogP contribution in [-0.2, 0) is 6.54 Å². The van der Waals surface area contributed by atoms with Gasteiger partial charge in [0.05, 0.1) is 31.8 Å². The molecule has 1 aliphatic heterocycles. The third-order valence-electron chi connectivity index (χ3n) is 6.63. The highest BCUT2D eigenvalue weighted by Crippen LogP contribution is 2.36. The van der Waals surface area contributed by atoms with E-state index in [0.717, 1.165) is 42.7 Å². The van der Waals surface area contributed by atoms with E-state index < -0.39 is 0 Å². The minimum atomic E-state index is 0.526. The van der Waals surface area contributed by atoms with Crippen molar-refractivity contribution in [2.45, 2.75) is 25.8 Å². The lowest BCUT2D eigenvalue weighted by Crippen LogP contribution is -2.33. The molecule has 0 unspecified atom stereocenters. The molecule has 9 nitrogen and oxygen atoms in total. The molecule has 3 heterocycles. The summed E-state index contributed by atoms with van der Waals surface area (Å²) in [6.45, 7) is 4.57. The molecule has 1 saturated heterocycles. The number of nitrogens with zero attached hydrogens (tertiary/aromatic N) is 5. The van der Waals surface area contributed by atoms with E-state index in [0.29, 0.717) is 41.2 Å². The van der Waals surface area contributed by atoms with Crippen molar-refractivity contribution in [2.24, 2.45) is 0 Å². The van der Waals surface area contributed by atoms with Crippen molar-refractivity contribution in [3.8, 4) is 22.8 Å². The van der Waals surface area contributed by atoms with Gasteiger partial charge in [-0.3, -0.25) is 0 Å². The summed E-state index contributed by atoms with van der Waals surface area (Å²) in [4.78, 5) is 12.1. The molecule has 5 rings (SSSR count). The Kier molecular flexibility index (Phi) is 7.18. The van der Waals surface area contributed by atoms with Gasteiger partial charge in [0.25, 0.3) is 0 Å². The minimum Gasteiger partial charge on any atom is -0.493 e. The second kappa shape index (κ2) is 10.8. The molecule has 0 aliphatic carbocycles. The van der Waals surface area contributed by atoms with Crippen LogP contribution in [0, 0.1) is 0 Å². The predicted molar refractivity (Wildman–Crippen MR) is 143 cm³/mol. The molecule has 36 heavy (non-hydrogen) atoms. The van der Waals surface area contributed by atoms with Gasteiger partial charge in [-0.2, -0.15) is 4.98 Å². The maximum absolute atomic E-state index is 6.64. The number of fused-ring (bicyclic) bond motifs is 1. The van der Waals surface area contributed by atoms with Gasteiger partial charge in [0.1, 0.15) is 5.82 Å². The lowest BCUT2D eigenvalue weighted by atomic mass is 10.1. The topological polar surface area (TPSA) is 103 Å². The van der Waals surface area contributed by atoms with E-state index in [1.807, 2.05) is 36.4 Å². The molecule has 1 aliphatic rings. The van der Waals surface area contributed by atoms with E-state index in [1.165, 1.54) is 19.3 Å². The lowest BCUT2D eigenvalue weighted by Gasteiger charge is -2.26. The lowest BCUT2D eigenvalue weighted by molar-refractivity contribution is 0.237. The number of hydrogen-bond acceptors (Lipinski definition) is 8. The smallest absolute Gasteiger partial charge is 0.225 e. The summed E-state index contributed by atoms with van der Waals surface area (Å²) in [5.74, 6) is 2.34. The highest BCUT2D eigenvalue weighted by Gasteiger charge is 2.20. The Balaban J connectivity index is 1.52. The van der Waals surface area contributed by atoms with Crippen molar-refractivity contribution >= 4 is 22.8 Å². The Morgan fingerprint density at radius 1 is 0.944 bits per heavy atom. The number of nitrogens with two attached hydrogens (primary N) is 1. The van der Waals surface area contributed by atoms with Crippen LogP contribution in [0.4, 0.5) is 11.8 Å². The number of benzene rings is 2. The van der Waals surface area contributed by atoms with Crippen LogP contribution >= 0.6 is 0 Å². The van der Waals surface area contributed by atoms with Gasteiger partial charge in [-0.05, 0) is 49.7 Å². The molecule has 0 amide bonds. The number of nitrogen functional groups attached to an aromatic ring is 1. The van der Waals surface area contributed by atoms with Crippen LogP contribution < -0.4 is 20.5 Å². The van der Waals surface area contributed by atoms with Gasteiger partial charge in [0, 0.05) is 18.7 Å². The number of piperidine rings is 1. The van der Waals surface area contributed by atoms with E-state index in [4.69, 9.17) is 30.3 Å². The summed E-state index contributed by atoms with van der Waals surface area (Å²) in [6.07, 6.45) is 3.86. The zero-order valence-corrected chi connectivity index (χ0v) is 20.9. The summed E-state index contributed by atoms with van der Waals surface area (Å²) >= 11 is 0. The van der Waals surface area contributed by atoms with Gasteiger partial charge >= 0.3 is 0 Å². The Labute approximate surface area is 211 Å². The average Bonchev–Trinajstić information content (AvgIpc) is 3.23. The molecule has 2 aromatic heterocycles. The minimum absolute atomic E-state index is 0.526. The molecule has 0 bridgehead atoms. The zero-order chi connectivity index (χ0) is 24.9. The number of hydrogen-bond donors (Lipinski definition) is 2. The summed E-state index contributed by atoms with van der Waals surface area (Å²) in [6, 6.07) is 15.9. The van der Waals surface area contributed by atoms with Gasteiger partial charge in [0.15, 0.2) is 17.1 Å². The number of likely N-dealkylation sites (tertiary alicyclic amines) is 1. The highest BCUT2D eigenvalue weighted by molar-refractivity contribution is 5.99. The maximum atomic E-state index is 6.64. The van der Waals surface area contributed by atoms with E-state index in [2.05, 4.69) is 22.3 Å². The van der Waals surface area contributed by atoms with E-state index in [9.17, 15) is 0 Å². The summed E-state index contributed by atoms with van der Waals surface area (Å²) in [5.41, 5.74) is 9.86. The number of nitrogens with one attached hydrogen (secondary N) is 1. The largest absolute Gasteiger partial charge is 0.493 e. The molecular formula is C27H33N7O2.